The van der Waals surface area contributed by atoms with Gasteiger partial charge in [0.2, 0.25) is 0 Å². The van der Waals surface area contributed by atoms with Crippen LogP contribution in [-0.2, 0) is 17.6 Å². The number of ether oxygens (including phenoxy) is 1. The number of quaternary nitrogens is 2. The van der Waals surface area contributed by atoms with Crippen LogP contribution < -0.4 is 10.2 Å². The SMILES string of the molecule is COCC[NH2+]CC1CCC[NH+](C2Cc3ccccc3C2)C1. The van der Waals surface area contributed by atoms with Crippen LogP contribution in [0, 0.1) is 5.92 Å². The predicted molar refractivity (Wildman–Crippen MR) is 84.6 cm³/mol. The molecule has 1 saturated heterocycles. The topological polar surface area (TPSA) is 30.3 Å². The van der Waals surface area contributed by atoms with Crippen molar-refractivity contribution in [3.8, 4) is 0 Å². The summed E-state index contributed by atoms with van der Waals surface area (Å²) in [6.45, 7) is 6.03. The summed E-state index contributed by atoms with van der Waals surface area (Å²) in [5.74, 6) is 0.898. The Bertz CT molecular complexity index is 424. The van der Waals surface area contributed by atoms with Crippen LogP contribution in [0.15, 0.2) is 24.3 Å². The molecule has 0 bridgehead atoms. The van der Waals surface area contributed by atoms with Crippen LogP contribution in [-0.4, -0.2) is 45.9 Å². The Kier molecular flexibility index (Phi) is 5.28. The molecule has 2 unspecified atom stereocenters. The maximum Gasteiger partial charge on any atom is 0.0993 e. The number of likely N-dealkylation sites (tertiary alicyclic amines) is 1. The second-order valence-corrected chi connectivity index (χ2v) is 6.80. The monoisotopic (exact) mass is 290 g/mol. The molecule has 21 heavy (non-hydrogen) atoms. The van der Waals surface area contributed by atoms with Crippen LogP contribution in [0.4, 0.5) is 0 Å². The number of hydrogen-bond donors (Lipinski definition) is 2. The third kappa shape index (κ3) is 3.85. The molecular formula is C18H30N2O+2. The van der Waals surface area contributed by atoms with Crippen molar-refractivity contribution in [2.75, 3.05) is 39.9 Å². The molecule has 1 fully saturated rings. The summed E-state index contributed by atoms with van der Waals surface area (Å²) in [6, 6.07) is 9.88. The van der Waals surface area contributed by atoms with Crippen molar-refractivity contribution >= 4 is 0 Å². The summed E-state index contributed by atoms with van der Waals surface area (Å²) in [6.07, 6.45) is 5.43. The molecule has 1 aromatic carbocycles. The van der Waals surface area contributed by atoms with Crippen LogP contribution in [0.1, 0.15) is 24.0 Å². The number of methoxy groups -OCH3 is 1. The van der Waals surface area contributed by atoms with Gasteiger partial charge < -0.3 is 15.0 Å². The minimum Gasteiger partial charge on any atom is -0.379 e. The Morgan fingerprint density at radius 2 is 2.00 bits per heavy atom. The first-order chi connectivity index (χ1) is 10.4. The molecule has 0 radical (unpaired) electrons. The Hall–Kier alpha value is -0.900. The molecule has 3 N–H and O–H groups in total. The molecule has 1 aliphatic heterocycles. The van der Waals surface area contributed by atoms with E-state index in [1.54, 1.807) is 18.2 Å². The summed E-state index contributed by atoms with van der Waals surface area (Å²) >= 11 is 0. The largest absolute Gasteiger partial charge is 0.379 e. The minimum absolute atomic E-state index is 0.837. The summed E-state index contributed by atoms with van der Waals surface area (Å²) in [5.41, 5.74) is 3.20. The highest BCUT2D eigenvalue weighted by Gasteiger charge is 2.33. The number of fused-ring (bicyclic) bond motifs is 1. The lowest BCUT2D eigenvalue weighted by Crippen LogP contribution is -3.18. The molecule has 116 valence electrons. The molecule has 0 aromatic heterocycles. The molecule has 0 saturated carbocycles. The van der Waals surface area contributed by atoms with Gasteiger partial charge in [-0.3, -0.25) is 0 Å². The molecule has 0 spiro atoms. The standard InChI is InChI=1S/C18H28N2O/c1-21-10-8-19-13-15-5-4-9-20(14-15)18-11-16-6-2-3-7-17(16)12-18/h2-3,6-7,15,18-19H,4-5,8-14H2,1H3/p+2. The van der Waals surface area contributed by atoms with E-state index in [1.165, 1.54) is 45.3 Å². The van der Waals surface area contributed by atoms with Crippen molar-refractivity contribution in [3.63, 3.8) is 0 Å². The van der Waals surface area contributed by atoms with E-state index in [1.807, 2.05) is 4.90 Å². The summed E-state index contributed by atoms with van der Waals surface area (Å²) in [4.78, 5) is 1.86. The lowest BCUT2D eigenvalue weighted by molar-refractivity contribution is -0.934. The van der Waals surface area contributed by atoms with Crippen molar-refractivity contribution in [2.45, 2.75) is 31.7 Å². The fourth-order valence-corrected chi connectivity index (χ4v) is 4.17. The summed E-state index contributed by atoms with van der Waals surface area (Å²) < 4.78 is 5.13. The third-order valence-electron chi connectivity index (χ3n) is 5.32. The van der Waals surface area contributed by atoms with E-state index >= 15 is 0 Å². The molecular weight excluding hydrogens is 260 g/mol. The lowest BCUT2D eigenvalue weighted by atomic mass is 9.96. The van der Waals surface area contributed by atoms with Gasteiger partial charge in [-0.05, 0) is 24.0 Å². The van der Waals surface area contributed by atoms with Gasteiger partial charge in [-0.2, -0.15) is 0 Å². The number of nitrogens with two attached hydrogens (primary N) is 1. The average Bonchev–Trinajstić information content (AvgIpc) is 2.96. The second kappa shape index (κ2) is 7.39. The Morgan fingerprint density at radius 3 is 2.71 bits per heavy atom. The predicted octanol–water partition coefficient (Wildman–Crippen LogP) is -0.341. The van der Waals surface area contributed by atoms with Crippen molar-refractivity contribution in [1.82, 2.24) is 0 Å². The quantitative estimate of drug-likeness (QED) is 0.690. The van der Waals surface area contributed by atoms with Gasteiger partial charge in [0.05, 0.1) is 44.7 Å². The summed E-state index contributed by atoms with van der Waals surface area (Å²) in [5, 5.41) is 2.44. The molecule has 2 aliphatic rings. The van der Waals surface area contributed by atoms with Crippen LogP contribution >= 0.6 is 0 Å². The van der Waals surface area contributed by atoms with E-state index in [0.717, 1.165) is 25.1 Å². The van der Waals surface area contributed by atoms with Gasteiger partial charge in [0.25, 0.3) is 0 Å². The van der Waals surface area contributed by atoms with E-state index in [0.29, 0.717) is 0 Å². The normalized spacial score (nSPS) is 26.0. The molecule has 3 rings (SSSR count). The lowest BCUT2D eigenvalue weighted by Gasteiger charge is -2.33. The smallest absolute Gasteiger partial charge is 0.0993 e. The number of piperidine rings is 1. The van der Waals surface area contributed by atoms with Gasteiger partial charge in [-0.15, -0.1) is 0 Å². The minimum atomic E-state index is 0.837. The highest BCUT2D eigenvalue weighted by Crippen LogP contribution is 2.21. The van der Waals surface area contributed by atoms with Crippen LogP contribution in [0.2, 0.25) is 0 Å². The molecule has 3 nitrogen and oxygen atoms in total. The number of rotatable bonds is 6. The van der Waals surface area contributed by atoms with E-state index in [-0.39, 0.29) is 0 Å². The van der Waals surface area contributed by atoms with Crippen molar-refractivity contribution in [1.29, 1.82) is 0 Å². The van der Waals surface area contributed by atoms with Crippen molar-refractivity contribution < 1.29 is 15.0 Å². The Balaban J connectivity index is 1.48. The van der Waals surface area contributed by atoms with Crippen LogP contribution in [0.5, 0.6) is 0 Å². The maximum absolute atomic E-state index is 5.13. The second-order valence-electron chi connectivity index (χ2n) is 6.80. The van der Waals surface area contributed by atoms with Crippen molar-refractivity contribution in [2.24, 2.45) is 5.92 Å². The van der Waals surface area contributed by atoms with Gasteiger partial charge in [0.1, 0.15) is 0 Å². The highest BCUT2D eigenvalue weighted by molar-refractivity contribution is 5.32. The van der Waals surface area contributed by atoms with Crippen molar-refractivity contribution in [3.05, 3.63) is 35.4 Å². The number of hydrogen-bond acceptors (Lipinski definition) is 1. The zero-order valence-electron chi connectivity index (χ0n) is 13.3. The Morgan fingerprint density at radius 1 is 1.24 bits per heavy atom. The first-order valence-corrected chi connectivity index (χ1v) is 8.58. The Labute approximate surface area is 128 Å². The van der Waals surface area contributed by atoms with E-state index < -0.39 is 0 Å². The molecule has 2 atom stereocenters. The zero-order chi connectivity index (χ0) is 14.5. The molecule has 1 aromatic rings. The number of nitrogens with one attached hydrogen (secondary N) is 1. The van der Waals surface area contributed by atoms with E-state index in [4.69, 9.17) is 4.74 Å². The van der Waals surface area contributed by atoms with Gasteiger partial charge >= 0.3 is 0 Å². The first kappa shape index (κ1) is 15.0. The summed E-state index contributed by atoms with van der Waals surface area (Å²) in [7, 11) is 1.79. The van der Waals surface area contributed by atoms with Gasteiger partial charge in [-0.25, -0.2) is 0 Å². The van der Waals surface area contributed by atoms with Crippen LogP contribution in [0.25, 0.3) is 0 Å². The fourth-order valence-electron chi connectivity index (χ4n) is 4.17. The van der Waals surface area contributed by atoms with Crippen LogP contribution in [0.3, 0.4) is 0 Å². The average molecular weight is 290 g/mol. The van der Waals surface area contributed by atoms with E-state index in [2.05, 4.69) is 29.6 Å². The zero-order valence-corrected chi connectivity index (χ0v) is 13.3. The van der Waals surface area contributed by atoms with Gasteiger partial charge in [-0.1, -0.05) is 24.3 Å². The number of benzene rings is 1. The van der Waals surface area contributed by atoms with E-state index in [9.17, 15) is 0 Å². The third-order valence-corrected chi connectivity index (χ3v) is 5.32. The molecule has 1 aliphatic carbocycles. The molecule has 1 heterocycles. The highest BCUT2D eigenvalue weighted by atomic mass is 16.5. The molecule has 0 amide bonds. The fraction of sp³-hybridized carbons (Fsp3) is 0.667. The molecule has 3 heteroatoms. The van der Waals surface area contributed by atoms with Gasteiger partial charge in [0, 0.05) is 20.0 Å². The van der Waals surface area contributed by atoms with Gasteiger partial charge in [0.15, 0.2) is 0 Å². The maximum atomic E-state index is 5.13. The first-order valence-electron chi connectivity index (χ1n) is 8.58.